The van der Waals surface area contributed by atoms with E-state index in [-0.39, 0.29) is 22.8 Å². The van der Waals surface area contributed by atoms with Gasteiger partial charge in [0.2, 0.25) is 17.9 Å². The number of nitrogens with one attached hydrogen (secondary N) is 1. The largest absolute Gasteiger partial charge is 0.480 e. The van der Waals surface area contributed by atoms with E-state index in [9.17, 15) is 23.1 Å². The molecule has 12 heteroatoms. The lowest BCUT2D eigenvalue weighted by molar-refractivity contribution is -0.198. The molecule has 4 N–H and O–H groups in total. The van der Waals surface area contributed by atoms with Crippen LogP contribution < -0.4 is 20.7 Å². The predicted molar refractivity (Wildman–Crippen MR) is 145 cm³/mol. The molecule has 2 saturated heterocycles. The fourth-order valence-corrected chi connectivity index (χ4v) is 5.68. The van der Waals surface area contributed by atoms with E-state index in [0.29, 0.717) is 60.9 Å². The summed E-state index contributed by atoms with van der Waals surface area (Å²) < 4.78 is 49.0. The summed E-state index contributed by atoms with van der Waals surface area (Å²) in [6, 6.07) is 12.1. The quantitative estimate of drug-likeness (QED) is 0.358. The van der Waals surface area contributed by atoms with Crippen LogP contribution in [0, 0.1) is 12.3 Å². The number of aromatic nitrogens is 2. The zero-order chi connectivity index (χ0) is 28.7. The number of ether oxygens (including phenoxy) is 1. The Labute approximate surface area is 234 Å². The molecule has 3 aromatic rings. The maximum absolute atomic E-state index is 14.5. The van der Waals surface area contributed by atoms with Crippen molar-refractivity contribution in [3.8, 4) is 17.0 Å². The Kier molecular flexibility index (Phi) is 7.54. The highest BCUT2D eigenvalue weighted by molar-refractivity contribution is 6.30. The van der Waals surface area contributed by atoms with E-state index in [4.69, 9.17) is 22.1 Å². The molecule has 2 fully saturated rings. The number of hydrogen-bond acceptors (Lipinski definition) is 7. The molecule has 212 valence electrons. The van der Waals surface area contributed by atoms with Crippen LogP contribution in [-0.4, -0.2) is 52.9 Å². The number of carboxylic acids is 1. The molecule has 1 aromatic heterocycles. The van der Waals surface area contributed by atoms with Crippen molar-refractivity contribution in [2.45, 2.75) is 44.5 Å². The number of rotatable bonds is 6. The lowest BCUT2D eigenvalue weighted by Gasteiger charge is -2.39. The standard InChI is InChI=1S/C28H29ClF3N5O3/c1-16-2-4-17(5-3-16)20-12-18(29)6-7-19(20)24(28(30,31)32)40-23-13-22(35-26(33)36-23)37-10-8-27(9-11-37)14-21(25(38)39)34-15-27/h2-7,12-13,21,24,34H,8-11,14-15H2,1H3,(H,38,39)(H2,33,35,36)/t21-,24?/m0/s1. The summed E-state index contributed by atoms with van der Waals surface area (Å²) in [4.78, 5) is 21.5. The molecule has 2 aliphatic heterocycles. The molecule has 2 atom stereocenters. The van der Waals surface area contributed by atoms with Gasteiger partial charge in [0, 0.05) is 36.3 Å². The molecule has 3 heterocycles. The van der Waals surface area contributed by atoms with E-state index < -0.39 is 24.3 Å². The Morgan fingerprint density at radius 2 is 1.88 bits per heavy atom. The second kappa shape index (κ2) is 10.8. The number of piperidine rings is 1. The first-order valence-corrected chi connectivity index (χ1v) is 13.3. The number of aryl methyl sites for hydroxylation is 1. The van der Waals surface area contributed by atoms with Crippen molar-refractivity contribution in [2.75, 3.05) is 30.3 Å². The van der Waals surface area contributed by atoms with Gasteiger partial charge in [-0.15, -0.1) is 0 Å². The van der Waals surface area contributed by atoms with Gasteiger partial charge in [-0.25, -0.2) is 0 Å². The minimum atomic E-state index is -4.78. The molecule has 0 bridgehead atoms. The van der Waals surface area contributed by atoms with Gasteiger partial charge in [-0.3, -0.25) is 4.79 Å². The Bertz CT molecular complexity index is 1390. The number of nitrogen functional groups attached to an aromatic ring is 1. The summed E-state index contributed by atoms with van der Waals surface area (Å²) in [5.41, 5.74) is 7.49. The molecule has 0 saturated carbocycles. The van der Waals surface area contributed by atoms with Crippen molar-refractivity contribution in [1.29, 1.82) is 0 Å². The van der Waals surface area contributed by atoms with Gasteiger partial charge in [-0.2, -0.15) is 23.1 Å². The van der Waals surface area contributed by atoms with Crippen molar-refractivity contribution < 1.29 is 27.8 Å². The van der Waals surface area contributed by atoms with Gasteiger partial charge in [-0.1, -0.05) is 47.5 Å². The Hall–Kier alpha value is -3.57. The van der Waals surface area contributed by atoms with Crippen molar-refractivity contribution >= 4 is 29.3 Å². The van der Waals surface area contributed by atoms with E-state index in [1.165, 1.54) is 24.3 Å². The first-order valence-electron chi connectivity index (χ1n) is 12.9. The number of halogens is 4. The number of nitrogens with two attached hydrogens (primary N) is 1. The Morgan fingerprint density at radius 3 is 2.50 bits per heavy atom. The number of aliphatic carboxylic acids is 1. The summed E-state index contributed by atoms with van der Waals surface area (Å²) in [6.07, 6.45) is -5.17. The van der Waals surface area contributed by atoms with Gasteiger partial charge in [0.15, 0.2) is 0 Å². The average Bonchev–Trinajstić information content (AvgIpc) is 3.31. The monoisotopic (exact) mass is 575 g/mol. The number of carboxylic acid groups (broad SMARTS) is 1. The van der Waals surface area contributed by atoms with Crippen molar-refractivity contribution in [1.82, 2.24) is 15.3 Å². The molecule has 2 aromatic carbocycles. The Balaban J connectivity index is 1.41. The van der Waals surface area contributed by atoms with Gasteiger partial charge in [0.1, 0.15) is 11.9 Å². The first-order chi connectivity index (χ1) is 18.9. The maximum atomic E-state index is 14.5. The molecule has 8 nitrogen and oxygen atoms in total. The van der Waals surface area contributed by atoms with Crippen LogP contribution in [0.4, 0.5) is 24.9 Å². The van der Waals surface area contributed by atoms with Gasteiger partial charge < -0.3 is 25.8 Å². The third kappa shape index (κ3) is 5.95. The number of anilines is 2. The molecular formula is C28H29ClF3N5O3. The number of benzene rings is 2. The molecule has 0 aliphatic carbocycles. The summed E-state index contributed by atoms with van der Waals surface area (Å²) in [5.74, 6) is -1.02. The zero-order valence-electron chi connectivity index (χ0n) is 21.7. The molecule has 1 spiro atoms. The van der Waals surface area contributed by atoms with Crippen molar-refractivity contribution in [3.05, 3.63) is 64.7 Å². The van der Waals surface area contributed by atoms with Crippen LogP contribution in [0.5, 0.6) is 5.88 Å². The van der Waals surface area contributed by atoms with Crippen molar-refractivity contribution in [2.24, 2.45) is 5.41 Å². The molecule has 2 aliphatic rings. The summed E-state index contributed by atoms with van der Waals surface area (Å²) in [6.45, 7) is 3.58. The topological polar surface area (TPSA) is 114 Å². The van der Waals surface area contributed by atoms with Gasteiger partial charge >= 0.3 is 12.1 Å². The zero-order valence-corrected chi connectivity index (χ0v) is 22.5. The molecule has 1 unspecified atom stereocenters. The Morgan fingerprint density at radius 1 is 1.18 bits per heavy atom. The van der Waals surface area contributed by atoms with E-state index >= 15 is 0 Å². The van der Waals surface area contributed by atoms with Crippen LogP contribution >= 0.6 is 11.6 Å². The second-order valence-electron chi connectivity index (χ2n) is 10.5. The SMILES string of the molecule is Cc1ccc(-c2cc(Cl)ccc2C(Oc2cc(N3CCC4(CC3)CN[C@H](C(=O)O)C4)nc(N)n2)C(F)(F)F)cc1. The van der Waals surface area contributed by atoms with Gasteiger partial charge in [0.05, 0.1) is 0 Å². The fourth-order valence-electron chi connectivity index (χ4n) is 5.50. The number of alkyl halides is 3. The summed E-state index contributed by atoms with van der Waals surface area (Å²) in [5, 5.41) is 12.7. The normalized spacial score (nSPS) is 19.5. The van der Waals surface area contributed by atoms with Crippen LogP contribution in [0.1, 0.15) is 36.5 Å². The third-order valence-corrected chi connectivity index (χ3v) is 7.94. The van der Waals surface area contributed by atoms with E-state index in [0.717, 1.165) is 5.56 Å². The predicted octanol–water partition coefficient (Wildman–Crippen LogP) is 5.40. The minimum absolute atomic E-state index is 0.110. The number of hydrogen-bond donors (Lipinski definition) is 3. The number of carbonyl (C=O) groups is 1. The van der Waals surface area contributed by atoms with Crippen LogP contribution in [0.3, 0.4) is 0 Å². The van der Waals surface area contributed by atoms with E-state index in [2.05, 4.69) is 15.3 Å². The highest BCUT2D eigenvalue weighted by atomic mass is 35.5. The summed E-state index contributed by atoms with van der Waals surface area (Å²) >= 11 is 6.18. The smallest absolute Gasteiger partial charge is 0.429 e. The first kappa shape index (κ1) is 28.0. The van der Waals surface area contributed by atoms with E-state index in [1.54, 1.807) is 12.1 Å². The molecular weight excluding hydrogens is 547 g/mol. The van der Waals surface area contributed by atoms with Gasteiger partial charge in [0.25, 0.3) is 0 Å². The second-order valence-corrected chi connectivity index (χ2v) is 11.0. The van der Waals surface area contributed by atoms with Gasteiger partial charge in [-0.05, 0) is 54.9 Å². The molecule has 0 radical (unpaired) electrons. The van der Waals surface area contributed by atoms with Crippen LogP contribution in [0.25, 0.3) is 11.1 Å². The lowest BCUT2D eigenvalue weighted by atomic mass is 9.76. The highest BCUT2D eigenvalue weighted by Crippen LogP contribution is 2.43. The average molecular weight is 576 g/mol. The van der Waals surface area contributed by atoms with Crippen LogP contribution in [-0.2, 0) is 4.79 Å². The van der Waals surface area contributed by atoms with E-state index in [1.807, 2.05) is 24.0 Å². The number of nitrogens with zero attached hydrogens (tertiary/aromatic N) is 3. The summed E-state index contributed by atoms with van der Waals surface area (Å²) in [7, 11) is 0. The van der Waals surface area contributed by atoms with Crippen LogP contribution in [0.2, 0.25) is 5.02 Å². The highest BCUT2D eigenvalue weighted by Gasteiger charge is 2.46. The molecule has 40 heavy (non-hydrogen) atoms. The van der Waals surface area contributed by atoms with Crippen molar-refractivity contribution in [3.63, 3.8) is 0 Å². The third-order valence-electron chi connectivity index (χ3n) is 7.71. The lowest BCUT2D eigenvalue weighted by Crippen LogP contribution is -2.41. The molecule has 0 amide bonds. The fraction of sp³-hybridized carbons (Fsp3) is 0.393. The maximum Gasteiger partial charge on any atom is 0.429 e. The van der Waals surface area contributed by atoms with Crippen LogP contribution in [0.15, 0.2) is 48.5 Å². The minimum Gasteiger partial charge on any atom is -0.480 e. The molecule has 5 rings (SSSR count).